The van der Waals surface area contributed by atoms with Crippen LogP contribution in [0.1, 0.15) is 15.9 Å². The zero-order chi connectivity index (χ0) is 22.1. The van der Waals surface area contributed by atoms with Crippen LogP contribution in [0.3, 0.4) is 0 Å². The lowest BCUT2D eigenvalue weighted by Gasteiger charge is -2.13. The Kier molecular flexibility index (Phi) is 7.84. The number of benzene rings is 3. The molecule has 0 aliphatic rings. The van der Waals surface area contributed by atoms with Crippen molar-refractivity contribution < 1.29 is 19.0 Å². The molecule has 0 saturated carbocycles. The van der Waals surface area contributed by atoms with Crippen molar-refractivity contribution in [2.45, 2.75) is 6.42 Å². The molecule has 0 heterocycles. The summed E-state index contributed by atoms with van der Waals surface area (Å²) in [4.78, 5) is 12.5. The van der Waals surface area contributed by atoms with Gasteiger partial charge in [0.15, 0.2) is 16.6 Å². The van der Waals surface area contributed by atoms with Crippen molar-refractivity contribution in [2.24, 2.45) is 0 Å². The zero-order valence-electron chi connectivity index (χ0n) is 17.4. The van der Waals surface area contributed by atoms with Crippen molar-refractivity contribution in [1.82, 2.24) is 5.32 Å². The lowest BCUT2D eigenvalue weighted by atomic mass is 10.2. The summed E-state index contributed by atoms with van der Waals surface area (Å²) in [6, 6.07) is 22.3. The van der Waals surface area contributed by atoms with E-state index < -0.39 is 0 Å². The molecule has 0 atom stereocenters. The van der Waals surface area contributed by atoms with Gasteiger partial charge in [-0.15, -0.1) is 0 Å². The predicted molar refractivity (Wildman–Crippen MR) is 125 cm³/mol. The van der Waals surface area contributed by atoms with Gasteiger partial charge in [-0.05, 0) is 54.2 Å². The average Bonchev–Trinajstić information content (AvgIpc) is 2.80. The maximum Gasteiger partial charge on any atom is 0.257 e. The number of rotatable bonds is 8. The Balaban J connectivity index is 1.50. The highest BCUT2D eigenvalue weighted by atomic mass is 32.1. The molecule has 0 unspecified atom stereocenters. The van der Waals surface area contributed by atoms with Gasteiger partial charge in [0, 0.05) is 23.7 Å². The molecular weight excluding hydrogens is 412 g/mol. The highest BCUT2D eigenvalue weighted by Crippen LogP contribution is 2.29. The molecule has 0 bridgehead atoms. The van der Waals surface area contributed by atoms with Crippen molar-refractivity contribution in [3.8, 4) is 17.2 Å². The molecule has 3 rings (SSSR count). The highest BCUT2D eigenvalue weighted by molar-refractivity contribution is 7.80. The van der Waals surface area contributed by atoms with Crippen LogP contribution < -0.4 is 24.8 Å². The number of carbonyl (C=O) groups excluding carboxylic acids is 1. The Labute approximate surface area is 187 Å². The number of nitrogens with one attached hydrogen (secondary N) is 2. The van der Waals surface area contributed by atoms with Crippen LogP contribution in [0.15, 0.2) is 72.8 Å². The van der Waals surface area contributed by atoms with E-state index in [-0.39, 0.29) is 11.0 Å². The second kappa shape index (κ2) is 11.0. The SMILES string of the molecule is COc1ccc(NC(=S)NC(=O)c2ccc(OCCc3ccccc3)cc2)cc1OC. The molecule has 0 spiro atoms. The largest absolute Gasteiger partial charge is 0.493 e. The van der Waals surface area contributed by atoms with Gasteiger partial charge < -0.3 is 19.5 Å². The first-order valence-corrected chi connectivity index (χ1v) is 10.1. The molecule has 0 aromatic heterocycles. The third-order valence-electron chi connectivity index (χ3n) is 4.49. The second-order valence-corrected chi connectivity index (χ2v) is 6.99. The van der Waals surface area contributed by atoms with Gasteiger partial charge in [0.05, 0.1) is 20.8 Å². The number of ether oxygens (including phenoxy) is 3. The molecule has 0 fully saturated rings. The van der Waals surface area contributed by atoms with Crippen LogP contribution in [0.4, 0.5) is 5.69 Å². The predicted octanol–water partition coefficient (Wildman–Crippen LogP) is 4.45. The minimum absolute atomic E-state index is 0.181. The van der Waals surface area contributed by atoms with Crippen molar-refractivity contribution in [3.63, 3.8) is 0 Å². The third-order valence-corrected chi connectivity index (χ3v) is 4.69. The quantitative estimate of drug-likeness (QED) is 0.509. The first-order valence-electron chi connectivity index (χ1n) is 9.70. The van der Waals surface area contributed by atoms with E-state index >= 15 is 0 Å². The number of anilines is 1. The summed E-state index contributed by atoms with van der Waals surface area (Å²) >= 11 is 5.24. The lowest BCUT2D eigenvalue weighted by Crippen LogP contribution is -2.34. The fraction of sp³-hybridized carbons (Fsp3) is 0.167. The summed E-state index contributed by atoms with van der Waals surface area (Å²) in [5.41, 5.74) is 2.37. The summed E-state index contributed by atoms with van der Waals surface area (Å²) in [6.07, 6.45) is 0.819. The number of carbonyl (C=O) groups is 1. The molecule has 3 aromatic rings. The number of methoxy groups -OCH3 is 2. The van der Waals surface area contributed by atoms with Crippen LogP contribution in [0, 0.1) is 0 Å². The van der Waals surface area contributed by atoms with E-state index in [1.54, 1.807) is 56.7 Å². The Morgan fingerprint density at radius 1 is 0.903 bits per heavy atom. The number of thiocarbonyl (C=S) groups is 1. The number of hydrogen-bond donors (Lipinski definition) is 2. The minimum atomic E-state index is -0.311. The zero-order valence-corrected chi connectivity index (χ0v) is 18.2. The molecule has 0 saturated heterocycles. The summed E-state index contributed by atoms with van der Waals surface area (Å²) in [6.45, 7) is 0.564. The van der Waals surface area contributed by atoms with Gasteiger partial charge in [-0.2, -0.15) is 0 Å². The molecule has 3 aromatic carbocycles. The van der Waals surface area contributed by atoms with E-state index in [9.17, 15) is 4.79 Å². The van der Waals surface area contributed by atoms with Gasteiger partial charge in [0.25, 0.3) is 5.91 Å². The maximum atomic E-state index is 12.5. The first-order chi connectivity index (χ1) is 15.1. The monoisotopic (exact) mass is 436 g/mol. The standard InChI is InChI=1S/C24H24N2O4S/c1-28-21-13-10-19(16-22(21)29-2)25-24(31)26-23(27)18-8-11-20(12-9-18)30-15-14-17-6-4-3-5-7-17/h3-13,16H,14-15H2,1-2H3,(H2,25,26,27,31). The van der Waals surface area contributed by atoms with Gasteiger partial charge in [0.2, 0.25) is 0 Å². The van der Waals surface area contributed by atoms with Gasteiger partial charge in [-0.25, -0.2) is 0 Å². The minimum Gasteiger partial charge on any atom is -0.493 e. The smallest absolute Gasteiger partial charge is 0.257 e. The Hall–Kier alpha value is -3.58. The normalized spacial score (nSPS) is 10.1. The maximum absolute atomic E-state index is 12.5. The molecule has 0 aliphatic heterocycles. The molecular formula is C24H24N2O4S. The molecule has 160 valence electrons. The third kappa shape index (κ3) is 6.45. The molecule has 0 radical (unpaired) electrons. The molecule has 6 nitrogen and oxygen atoms in total. The topological polar surface area (TPSA) is 68.8 Å². The summed E-state index contributed by atoms with van der Waals surface area (Å²) in [5.74, 6) is 1.56. The summed E-state index contributed by atoms with van der Waals surface area (Å²) < 4.78 is 16.2. The number of amides is 1. The van der Waals surface area contributed by atoms with Gasteiger partial charge >= 0.3 is 0 Å². The van der Waals surface area contributed by atoms with Crippen molar-refractivity contribution in [3.05, 3.63) is 83.9 Å². The second-order valence-electron chi connectivity index (χ2n) is 6.59. The molecule has 1 amide bonds. The van der Waals surface area contributed by atoms with Crippen molar-refractivity contribution in [2.75, 3.05) is 26.1 Å². The van der Waals surface area contributed by atoms with Crippen LogP contribution in [-0.4, -0.2) is 31.8 Å². The van der Waals surface area contributed by atoms with Crippen molar-refractivity contribution in [1.29, 1.82) is 0 Å². The Morgan fingerprint density at radius 2 is 1.61 bits per heavy atom. The Morgan fingerprint density at radius 3 is 2.29 bits per heavy atom. The van der Waals surface area contributed by atoms with Crippen LogP contribution in [0.2, 0.25) is 0 Å². The van der Waals surface area contributed by atoms with E-state index in [1.165, 1.54) is 5.56 Å². The van der Waals surface area contributed by atoms with Crippen LogP contribution >= 0.6 is 12.2 Å². The van der Waals surface area contributed by atoms with Gasteiger partial charge in [-0.3, -0.25) is 10.1 Å². The molecule has 0 aliphatic carbocycles. The highest BCUT2D eigenvalue weighted by Gasteiger charge is 2.10. The van der Waals surface area contributed by atoms with E-state index in [0.717, 1.165) is 6.42 Å². The van der Waals surface area contributed by atoms with Crippen LogP contribution in [-0.2, 0) is 6.42 Å². The van der Waals surface area contributed by atoms with Gasteiger partial charge in [0.1, 0.15) is 5.75 Å². The van der Waals surface area contributed by atoms with Gasteiger partial charge in [-0.1, -0.05) is 30.3 Å². The van der Waals surface area contributed by atoms with Crippen LogP contribution in [0.25, 0.3) is 0 Å². The van der Waals surface area contributed by atoms with E-state index in [0.29, 0.717) is 35.1 Å². The fourth-order valence-electron chi connectivity index (χ4n) is 2.89. The Bertz CT molecular complexity index is 1020. The summed E-state index contributed by atoms with van der Waals surface area (Å²) in [7, 11) is 3.12. The number of hydrogen-bond acceptors (Lipinski definition) is 5. The van der Waals surface area contributed by atoms with E-state index in [1.807, 2.05) is 18.2 Å². The van der Waals surface area contributed by atoms with Crippen molar-refractivity contribution >= 4 is 28.9 Å². The van der Waals surface area contributed by atoms with E-state index in [2.05, 4.69) is 22.8 Å². The fourth-order valence-corrected chi connectivity index (χ4v) is 3.10. The molecule has 7 heteroatoms. The first kappa shape index (κ1) is 22.1. The van der Waals surface area contributed by atoms with Crippen LogP contribution in [0.5, 0.6) is 17.2 Å². The lowest BCUT2D eigenvalue weighted by molar-refractivity contribution is 0.0977. The summed E-state index contributed by atoms with van der Waals surface area (Å²) in [5, 5.41) is 5.81. The molecule has 31 heavy (non-hydrogen) atoms. The van der Waals surface area contributed by atoms with E-state index in [4.69, 9.17) is 26.4 Å². The molecule has 2 N–H and O–H groups in total. The average molecular weight is 437 g/mol.